The first-order valence-corrected chi connectivity index (χ1v) is 6.77. The smallest absolute Gasteiger partial charge is 0.206 e. The minimum Gasteiger partial charge on any atom is -0.492 e. The topological polar surface area (TPSA) is 47.0 Å². The number of hydrogen-bond acceptors (Lipinski definition) is 5. The Balaban J connectivity index is 1.73. The average Bonchev–Trinajstić information content (AvgIpc) is 2.71. The van der Waals surface area contributed by atoms with Crippen LogP contribution in [0.2, 0.25) is 0 Å². The molecule has 0 atom stereocenters. The summed E-state index contributed by atoms with van der Waals surface area (Å²) in [6.07, 6.45) is 0. The Morgan fingerprint density at radius 3 is 3.00 bits per heavy atom. The summed E-state index contributed by atoms with van der Waals surface area (Å²) < 4.78 is 6.37. The fourth-order valence-corrected chi connectivity index (χ4v) is 2.35. The van der Waals surface area contributed by atoms with Crippen LogP contribution in [0.3, 0.4) is 0 Å². The van der Waals surface area contributed by atoms with E-state index in [0.29, 0.717) is 13.2 Å². The van der Waals surface area contributed by atoms with Gasteiger partial charge in [0.25, 0.3) is 0 Å². The first kappa shape index (κ1) is 12.3. The second kappa shape index (κ2) is 5.97. The lowest BCUT2D eigenvalue weighted by Gasteiger charge is -2.06. The van der Waals surface area contributed by atoms with Gasteiger partial charge in [0, 0.05) is 0 Å². The van der Waals surface area contributed by atoms with Crippen LogP contribution in [-0.4, -0.2) is 23.3 Å². The van der Waals surface area contributed by atoms with E-state index in [-0.39, 0.29) is 0 Å². The van der Waals surface area contributed by atoms with Crippen LogP contribution in [0, 0.1) is 6.92 Å². The van der Waals surface area contributed by atoms with E-state index in [2.05, 4.69) is 31.4 Å². The highest BCUT2D eigenvalue weighted by Crippen LogP contribution is 2.19. The van der Waals surface area contributed by atoms with E-state index in [1.807, 2.05) is 31.2 Å². The van der Waals surface area contributed by atoms with E-state index in [1.165, 1.54) is 16.9 Å². The van der Waals surface area contributed by atoms with E-state index < -0.39 is 0 Å². The van der Waals surface area contributed by atoms with Crippen molar-refractivity contribution in [1.29, 1.82) is 0 Å². The molecule has 17 heavy (non-hydrogen) atoms. The molecule has 1 aromatic heterocycles. The molecule has 0 saturated heterocycles. The number of nitrogens with one attached hydrogen (secondary N) is 1. The monoisotopic (exact) mass is 313 g/mol. The molecule has 2 aromatic rings. The number of aryl methyl sites for hydroxylation is 1. The largest absolute Gasteiger partial charge is 0.492 e. The lowest BCUT2D eigenvalue weighted by molar-refractivity contribution is 0.332. The summed E-state index contributed by atoms with van der Waals surface area (Å²) in [6, 6.07) is 8.00. The summed E-state index contributed by atoms with van der Waals surface area (Å²) in [5.41, 5.74) is 1.20. The maximum Gasteiger partial charge on any atom is 0.206 e. The van der Waals surface area contributed by atoms with Crippen molar-refractivity contribution < 1.29 is 4.74 Å². The Morgan fingerprint density at radius 2 is 2.29 bits per heavy atom. The van der Waals surface area contributed by atoms with Crippen LogP contribution in [-0.2, 0) is 0 Å². The molecular weight excluding hydrogens is 302 g/mol. The summed E-state index contributed by atoms with van der Waals surface area (Å²) in [6.45, 7) is 3.35. The Bertz CT molecular complexity index is 489. The van der Waals surface area contributed by atoms with Crippen LogP contribution >= 0.6 is 27.3 Å². The second-order valence-corrected chi connectivity index (χ2v) is 5.71. The van der Waals surface area contributed by atoms with Crippen molar-refractivity contribution in [3.8, 4) is 5.75 Å². The van der Waals surface area contributed by atoms with E-state index in [4.69, 9.17) is 4.74 Å². The summed E-state index contributed by atoms with van der Waals surface area (Å²) in [7, 11) is 0. The third-order valence-electron chi connectivity index (χ3n) is 2.04. The molecule has 0 spiro atoms. The number of halogens is 1. The van der Waals surface area contributed by atoms with Gasteiger partial charge in [0.05, 0.1) is 6.54 Å². The van der Waals surface area contributed by atoms with Crippen LogP contribution in [0.15, 0.2) is 28.2 Å². The number of benzene rings is 1. The normalized spacial score (nSPS) is 10.2. The lowest BCUT2D eigenvalue weighted by atomic mass is 10.2. The summed E-state index contributed by atoms with van der Waals surface area (Å²) >= 11 is 4.72. The van der Waals surface area contributed by atoms with Gasteiger partial charge in [0.2, 0.25) is 5.13 Å². The Hall–Kier alpha value is -1.14. The molecule has 0 saturated carbocycles. The van der Waals surface area contributed by atoms with Gasteiger partial charge in [-0.15, -0.1) is 10.2 Å². The molecule has 2 rings (SSSR count). The van der Waals surface area contributed by atoms with Gasteiger partial charge in [-0.3, -0.25) is 0 Å². The Morgan fingerprint density at radius 1 is 1.41 bits per heavy atom. The van der Waals surface area contributed by atoms with Crippen LogP contribution in [0.1, 0.15) is 5.56 Å². The molecule has 0 aliphatic rings. The van der Waals surface area contributed by atoms with Gasteiger partial charge in [-0.05, 0) is 40.5 Å². The minimum atomic E-state index is 0.598. The number of rotatable bonds is 5. The summed E-state index contributed by atoms with van der Waals surface area (Å²) in [4.78, 5) is 0. The average molecular weight is 314 g/mol. The molecule has 0 radical (unpaired) electrons. The van der Waals surface area contributed by atoms with Crippen LogP contribution < -0.4 is 10.1 Å². The van der Waals surface area contributed by atoms with E-state index >= 15 is 0 Å². The van der Waals surface area contributed by atoms with Gasteiger partial charge < -0.3 is 10.1 Å². The highest BCUT2D eigenvalue weighted by Gasteiger charge is 1.99. The zero-order valence-electron chi connectivity index (χ0n) is 9.31. The van der Waals surface area contributed by atoms with Crippen molar-refractivity contribution in [2.45, 2.75) is 6.92 Å². The maximum absolute atomic E-state index is 5.60. The highest BCUT2D eigenvalue weighted by atomic mass is 79.9. The predicted molar refractivity (Wildman–Crippen MR) is 72.8 cm³/mol. The van der Waals surface area contributed by atoms with Gasteiger partial charge in [-0.2, -0.15) is 0 Å². The fraction of sp³-hybridized carbons (Fsp3) is 0.273. The molecule has 1 aromatic carbocycles. The Labute approximate surface area is 112 Å². The van der Waals surface area contributed by atoms with Crippen LogP contribution in [0.4, 0.5) is 5.13 Å². The highest BCUT2D eigenvalue weighted by molar-refractivity contribution is 9.11. The molecule has 1 N–H and O–H groups in total. The molecule has 90 valence electrons. The maximum atomic E-state index is 5.60. The molecule has 0 bridgehead atoms. The second-order valence-electron chi connectivity index (χ2n) is 3.45. The van der Waals surface area contributed by atoms with Crippen LogP contribution in [0.5, 0.6) is 5.75 Å². The third-order valence-corrected chi connectivity index (χ3v) is 3.35. The van der Waals surface area contributed by atoms with E-state index in [1.54, 1.807) is 0 Å². The molecule has 0 aliphatic heterocycles. The fourth-order valence-electron chi connectivity index (χ4n) is 1.31. The number of ether oxygens (including phenoxy) is 1. The molecule has 0 fully saturated rings. The summed E-state index contributed by atoms with van der Waals surface area (Å²) in [5, 5.41) is 11.7. The van der Waals surface area contributed by atoms with Gasteiger partial charge in [0.15, 0.2) is 3.92 Å². The third kappa shape index (κ3) is 3.98. The van der Waals surface area contributed by atoms with Crippen molar-refractivity contribution in [1.82, 2.24) is 10.2 Å². The predicted octanol–water partition coefficient (Wildman–Crippen LogP) is 3.10. The minimum absolute atomic E-state index is 0.598. The van der Waals surface area contributed by atoms with Gasteiger partial charge in [-0.25, -0.2) is 0 Å². The molecule has 0 aliphatic carbocycles. The number of aromatic nitrogens is 2. The van der Waals surface area contributed by atoms with E-state index in [0.717, 1.165) is 14.8 Å². The SMILES string of the molecule is Cc1cccc(OCCNc2nnc(Br)s2)c1. The van der Waals surface area contributed by atoms with Crippen molar-refractivity contribution in [3.05, 3.63) is 33.7 Å². The zero-order valence-corrected chi connectivity index (χ0v) is 11.7. The summed E-state index contributed by atoms with van der Waals surface area (Å²) in [5.74, 6) is 0.894. The van der Waals surface area contributed by atoms with Crippen LogP contribution in [0.25, 0.3) is 0 Å². The van der Waals surface area contributed by atoms with Gasteiger partial charge in [0.1, 0.15) is 12.4 Å². The van der Waals surface area contributed by atoms with Crippen molar-refractivity contribution >= 4 is 32.4 Å². The molecule has 6 heteroatoms. The number of hydrogen-bond donors (Lipinski definition) is 1. The van der Waals surface area contributed by atoms with E-state index in [9.17, 15) is 0 Å². The zero-order chi connectivity index (χ0) is 12.1. The molecule has 1 heterocycles. The molecule has 0 amide bonds. The standard InChI is InChI=1S/C11H12BrN3OS/c1-8-3-2-4-9(7-8)16-6-5-13-11-15-14-10(12)17-11/h2-4,7H,5-6H2,1H3,(H,13,15). The molecular formula is C11H12BrN3OS. The van der Waals surface area contributed by atoms with Crippen molar-refractivity contribution in [2.24, 2.45) is 0 Å². The lowest BCUT2D eigenvalue weighted by Crippen LogP contribution is -2.11. The van der Waals surface area contributed by atoms with Crippen molar-refractivity contribution in [3.63, 3.8) is 0 Å². The number of nitrogens with zero attached hydrogens (tertiary/aromatic N) is 2. The molecule has 4 nitrogen and oxygen atoms in total. The Kier molecular flexibility index (Phi) is 4.33. The molecule has 0 unspecified atom stereocenters. The number of anilines is 1. The van der Waals surface area contributed by atoms with Gasteiger partial charge in [-0.1, -0.05) is 23.5 Å². The van der Waals surface area contributed by atoms with Gasteiger partial charge >= 0.3 is 0 Å². The quantitative estimate of drug-likeness (QED) is 0.862. The first-order valence-electron chi connectivity index (χ1n) is 5.16. The van der Waals surface area contributed by atoms with Crippen molar-refractivity contribution in [2.75, 3.05) is 18.5 Å². The first-order chi connectivity index (χ1) is 8.24.